The fraction of sp³-hybridized carbons (Fsp3) is 0.923. The largest absolute Gasteiger partial charge is 1.00 e. The fourth-order valence-corrected chi connectivity index (χ4v) is 9.43. The van der Waals surface area contributed by atoms with Crippen molar-refractivity contribution in [1.82, 2.24) is 0 Å². The van der Waals surface area contributed by atoms with E-state index in [0.717, 1.165) is 32.1 Å². The molecule has 0 aromatic heterocycles. The molecular formula is C26H42NNaO5. The van der Waals surface area contributed by atoms with E-state index in [1.54, 1.807) is 0 Å². The molecule has 0 aliphatic heterocycles. The van der Waals surface area contributed by atoms with E-state index in [2.05, 4.69) is 20.8 Å². The second-order valence-electron chi connectivity index (χ2n) is 12.1. The maximum atomic E-state index is 12.9. The Balaban J connectivity index is 0.00000306. The standard InChI is InChI=1S/C26H43NO5.Na/c1-14(4-9-24(31)32)18-7-8-19-17-6-5-15-10-16(28)11-21(22(29)13-27)25(15,2)20(17)12-23(30)26(18,19)3;/h14-21,23,28,30H,4-13,27H2,1-3H3,(H,31,32);/q;+1/p-1/t14-,15-,16+,17?,18-,19?,20?,21?,23+,25+,26-;/m1./s1. The van der Waals surface area contributed by atoms with E-state index in [4.69, 9.17) is 5.73 Å². The molecular weight excluding hydrogens is 429 g/mol. The summed E-state index contributed by atoms with van der Waals surface area (Å²) in [6.07, 6.45) is 5.92. The molecule has 0 bridgehead atoms. The Morgan fingerprint density at radius 2 is 1.73 bits per heavy atom. The topological polar surface area (TPSA) is 124 Å². The zero-order valence-electron chi connectivity index (χ0n) is 21.0. The van der Waals surface area contributed by atoms with Gasteiger partial charge in [0, 0.05) is 11.9 Å². The number of aliphatic hydroxyl groups excluding tert-OH is 2. The van der Waals surface area contributed by atoms with Gasteiger partial charge in [0.25, 0.3) is 0 Å². The van der Waals surface area contributed by atoms with E-state index in [9.17, 15) is 24.9 Å². The molecule has 6 nitrogen and oxygen atoms in total. The summed E-state index contributed by atoms with van der Waals surface area (Å²) in [5, 5.41) is 33.2. The van der Waals surface area contributed by atoms with Crippen LogP contribution in [0.5, 0.6) is 0 Å². The molecule has 7 heteroatoms. The first-order chi connectivity index (χ1) is 15.0. The van der Waals surface area contributed by atoms with Gasteiger partial charge < -0.3 is 25.8 Å². The van der Waals surface area contributed by atoms with Crippen molar-refractivity contribution in [3.05, 3.63) is 0 Å². The van der Waals surface area contributed by atoms with E-state index >= 15 is 0 Å². The summed E-state index contributed by atoms with van der Waals surface area (Å²) >= 11 is 0. The van der Waals surface area contributed by atoms with Gasteiger partial charge >= 0.3 is 29.6 Å². The Bertz CT molecular complexity index is 748. The number of nitrogens with two attached hydrogens (primary N) is 1. The predicted octanol–water partition coefficient (Wildman–Crippen LogP) is -1.10. The van der Waals surface area contributed by atoms with Crippen molar-refractivity contribution in [1.29, 1.82) is 0 Å². The van der Waals surface area contributed by atoms with Crippen LogP contribution in [0.2, 0.25) is 0 Å². The van der Waals surface area contributed by atoms with Crippen LogP contribution in [0.25, 0.3) is 0 Å². The van der Waals surface area contributed by atoms with Crippen LogP contribution in [0.1, 0.15) is 78.6 Å². The number of rotatable bonds is 6. The molecule has 4 saturated carbocycles. The van der Waals surface area contributed by atoms with Gasteiger partial charge in [-0.15, -0.1) is 0 Å². The maximum Gasteiger partial charge on any atom is 1.00 e. The number of carboxylic acids is 1. The zero-order chi connectivity index (χ0) is 23.4. The summed E-state index contributed by atoms with van der Waals surface area (Å²) in [6.45, 7) is 6.64. The van der Waals surface area contributed by atoms with Crippen LogP contribution in [-0.4, -0.2) is 40.7 Å². The van der Waals surface area contributed by atoms with Gasteiger partial charge in [-0.2, -0.15) is 0 Å². The fourth-order valence-electron chi connectivity index (χ4n) is 9.43. The molecule has 4 unspecified atom stereocenters. The number of hydrogen-bond acceptors (Lipinski definition) is 6. The molecule has 33 heavy (non-hydrogen) atoms. The molecule has 4 aliphatic rings. The Morgan fingerprint density at radius 1 is 1.03 bits per heavy atom. The van der Waals surface area contributed by atoms with Crippen LogP contribution >= 0.6 is 0 Å². The van der Waals surface area contributed by atoms with E-state index in [1.807, 2.05) is 0 Å². The monoisotopic (exact) mass is 471 g/mol. The van der Waals surface area contributed by atoms with Gasteiger partial charge in [-0.25, -0.2) is 0 Å². The van der Waals surface area contributed by atoms with E-state index < -0.39 is 18.2 Å². The van der Waals surface area contributed by atoms with Crippen LogP contribution in [-0.2, 0) is 9.59 Å². The first-order valence-electron chi connectivity index (χ1n) is 12.8. The van der Waals surface area contributed by atoms with Crippen molar-refractivity contribution in [3.63, 3.8) is 0 Å². The van der Waals surface area contributed by atoms with Crippen molar-refractivity contribution in [2.45, 2.75) is 90.8 Å². The smallest absolute Gasteiger partial charge is 0.550 e. The number of carbonyl (C=O) groups is 2. The first kappa shape index (κ1) is 27.6. The number of aliphatic carboxylic acids is 1. The van der Waals surface area contributed by atoms with Crippen molar-refractivity contribution >= 4 is 11.8 Å². The van der Waals surface area contributed by atoms with Crippen LogP contribution in [0.4, 0.5) is 0 Å². The summed E-state index contributed by atoms with van der Waals surface area (Å²) < 4.78 is 0. The average molecular weight is 472 g/mol. The van der Waals surface area contributed by atoms with Crippen molar-refractivity contribution in [2.24, 2.45) is 58.0 Å². The summed E-state index contributed by atoms with van der Waals surface area (Å²) in [5.41, 5.74) is 5.37. The Kier molecular flexibility index (Phi) is 8.51. The van der Waals surface area contributed by atoms with E-state index in [0.29, 0.717) is 42.9 Å². The normalized spacial score (nSPS) is 47.5. The minimum atomic E-state index is -0.998. The molecule has 4 N–H and O–H groups in total. The molecule has 0 radical (unpaired) electrons. The molecule has 0 spiro atoms. The summed E-state index contributed by atoms with van der Waals surface area (Å²) in [7, 11) is 0. The van der Waals surface area contributed by atoms with Crippen molar-refractivity contribution in [3.8, 4) is 0 Å². The summed E-state index contributed by atoms with van der Waals surface area (Å²) in [5.74, 6) is 0.784. The van der Waals surface area contributed by atoms with Gasteiger partial charge in [0.2, 0.25) is 0 Å². The first-order valence-corrected chi connectivity index (χ1v) is 12.8. The molecule has 4 fully saturated rings. The molecule has 0 aromatic carbocycles. The van der Waals surface area contributed by atoms with Crippen molar-refractivity contribution < 1.29 is 54.5 Å². The minimum Gasteiger partial charge on any atom is -0.550 e. The Hall–Kier alpha value is 0.0200. The van der Waals surface area contributed by atoms with Gasteiger partial charge in [0.15, 0.2) is 0 Å². The SMILES string of the molecule is C[C@H](CCC(=O)[O-])[C@H]1CCC2C3CC[C@@H]4C[C@H](O)CC(C(=O)CN)[C@]4(C)C3C[C@H](O)[C@@]21C.[Na+]. The van der Waals surface area contributed by atoms with Gasteiger partial charge in [-0.1, -0.05) is 20.8 Å². The molecule has 182 valence electrons. The molecule has 0 heterocycles. The van der Waals surface area contributed by atoms with Crippen LogP contribution in [0.15, 0.2) is 0 Å². The number of ketones is 1. The Morgan fingerprint density at radius 3 is 2.36 bits per heavy atom. The van der Waals surface area contributed by atoms with Gasteiger partial charge in [0.05, 0.1) is 18.8 Å². The van der Waals surface area contributed by atoms with Crippen LogP contribution in [0, 0.1) is 52.3 Å². The molecule has 0 amide bonds. The molecule has 0 aromatic rings. The minimum absolute atomic E-state index is 0. The Labute approximate surface area is 220 Å². The van der Waals surface area contributed by atoms with E-state index in [1.165, 1.54) is 0 Å². The van der Waals surface area contributed by atoms with Crippen LogP contribution in [0.3, 0.4) is 0 Å². The quantitative estimate of drug-likeness (QED) is 0.423. The molecule has 4 rings (SSSR count). The molecule has 4 aliphatic carbocycles. The summed E-state index contributed by atoms with van der Waals surface area (Å²) in [4.78, 5) is 24.0. The molecule has 0 saturated heterocycles. The van der Waals surface area contributed by atoms with Gasteiger partial charge in [-0.3, -0.25) is 4.79 Å². The number of carbonyl (C=O) groups excluding carboxylic acids is 2. The number of carboxylic acid groups (broad SMARTS) is 1. The van der Waals surface area contributed by atoms with Gasteiger partial charge in [0.1, 0.15) is 5.78 Å². The average Bonchev–Trinajstić information content (AvgIpc) is 3.11. The van der Waals surface area contributed by atoms with Crippen molar-refractivity contribution in [2.75, 3.05) is 6.54 Å². The number of fused-ring (bicyclic) bond motifs is 5. The number of Topliss-reactive ketones (excluding diaryl/α,β-unsaturated/α-hetero) is 1. The maximum absolute atomic E-state index is 12.9. The second kappa shape index (κ2) is 10.2. The molecule has 11 atom stereocenters. The predicted molar refractivity (Wildman–Crippen MR) is 119 cm³/mol. The third kappa shape index (κ3) is 4.40. The summed E-state index contributed by atoms with van der Waals surface area (Å²) in [6, 6.07) is 0. The van der Waals surface area contributed by atoms with Gasteiger partial charge in [-0.05, 0) is 104 Å². The number of hydrogen-bond donors (Lipinski definition) is 3. The number of aliphatic hydroxyl groups is 2. The van der Waals surface area contributed by atoms with Crippen LogP contribution < -0.4 is 40.4 Å². The second-order valence-corrected chi connectivity index (χ2v) is 12.1. The zero-order valence-corrected chi connectivity index (χ0v) is 23.0. The third-order valence-corrected chi connectivity index (χ3v) is 11.0. The third-order valence-electron chi connectivity index (χ3n) is 11.0. The van der Waals surface area contributed by atoms with E-state index in [-0.39, 0.29) is 76.9 Å².